The molecule has 1 heterocycles. The molecule has 0 fully saturated rings. The van der Waals surface area contributed by atoms with Gasteiger partial charge in [0.05, 0.1) is 0 Å². The summed E-state index contributed by atoms with van der Waals surface area (Å²) in [6.07, 6.45) is -1.23. The highest BCUT2D eigenvalue weighted by atomic mass is 16.6. The Morgan fingerprint density at radius 2 is 1.54 bits per heavy atom. The molecule has 3 aromatic rings. The van der Waals surface area contributed by atoms with Crippen molar-refractivity contribution in [2.45, 2.75) is 64.8 Å². The fraction of sp³-hybridized carbons (Fsp3) is 0.355. The summed E-state index contributed by atoms with van der Waals surface area (Å²) in [6.45, 7) is 8.79. The van der Waals surface area contributed by atoms with E-state index >= 15 is 0 Å². The van der Waals surface area contributed by atoms with Gasteiger partial charge >= 0.3 is 12.1 Å². The number of rotatable bonds is 5. The standard InChI is InChI=1S/C31H32N2O6/c1-17(2)25(32-30(37)39-31(3,4)5)29(36)38-23-16-19-10-6-7-13-20(19)26(23)33-27(34)21-14-8-11-18-12-9-15-22(24(18)21)28(33)35/h6-15,17,23,25-26H,16H2,1-5H3,(H,32,37)/t23-,25+,26+/m1/s1. The highest BCUT2D eigenvalue weighted by molar-refractivity contribution is 6.25. The molecular weight excluding hydrogens is 496 g/mol. The summed E-state index contributed by atoms with van der Waals surface area (Å²) in [6, 6.07) is 16.4. The van der Waals surface area contributed by atoms with Crippen LogP contribution < -0.4 is 5.32 Å². The van der Waals surface area contributed by atoms with Crippen LogP contribution in [0.4, 0.5) is 4.79 Å². The van der Waals surface area contributed by atoms with E-state index in [0.717, 1.165) is 16.5 Å². The fourth-order valence-corrected chi connectivity index (χ4v) is 5.41. The van der Waals surface area contributed by atoms with E-state index in [2.05, 4.69) is 5.32 Å². The summed E-state index contributed by atoms with van der Waals surface area (Å²) in [7, 11) is 0. The third kappa shape index (κ3) is 4.87. The van der Waals surface area contributed by atoms with Crippen LogP contribution in [0, 0.1) is 5.92 Å². The largest absolute Gasteiger partial charge is 0.458 e. The molecule has 8 heteroatoms. The molecule has 0 unspecified atom stereocenters. The van der Waals surface area contributed by atoms with Gasteiger partial charge in [0.25, 0.3) is 11.8 Å². The molecule has 3 aromatic carbocycles. The normalized spacial score (nSPS) is 19.2. The molecule has 0 radical (unpaired) electrons. The zero-order chi connectivity index (χ0) is 28.1. The molecule has 1 aliphatic heterocycles. The lowest BCUT2D eigenvalue weighted by molar-refractivity contribution is -0.155. The highest BCUT2D eigenvalue weighted by Gasteiger charge is 2.47. The first kappa shape index (κ1) is 26.4. The predicted octanol–water partition coefficient (Wildman–Crippen LogP) is 5.19. The summed E-state index contributed by atoms with van der Waals surface area (Å²) < 4.78 is 11.4. The average Bonchev–Trinajstić information content (AvgIpc) is 3.22. The van der Waals surface area contributed by atoms with Gasteiger partial charge < -0.3 is 14.8 Å². The predicted molar refractivity (Wildman–Crippen MR) is 145 cm³/mol. The van der Waals surface area contributed by atoms with Crippen molar-refractivity contribution < 1.29 is 28.7 Å². The Bertz CT molecular complexity index is 1440. The highest BCUT2D eigenvalue weighted by Crippen LogP contribution is 2.42. The monoisotopic (exact) mass is 528 g/mol. The van der Waals surface area contributed by atoms with Crippen LogP contribution in [-0.4, -0.2) is 46.5 Å². The number of alkyl carbamates (subject to hydrolysis) is 1. The third-order valence-corrected chi connectivity index (χ3v) is 7.09. The Balaban J connectivity index is 1.48. The van der Waals surface area contributed by atoms with Crippen molar-refractivity contribution in [3.05, 3.63) is 82.9 Å². The Kier molecular flexibility index (Phi) is 6.66. The second-order valence-electron chi connectivity index (χ2n) is 11.4. The van der Waals surface area contributed by atoms with Crippen molar-refractivity contribution >= 4 is 34.6 Å². The minimum absolute atomic E-state index is 0.296. The summed E-state index contributed by atoms with van der Waals surface area (Å²) in [5, 5.41) is 4.07. The van der Waals surface area contributed by atoms with Gasteiger partial charge in [0, 0.05) is 22.9 Å². The van der Waals surface area contributed by atoms with Crippen LogP contribution in [0.25, 0.3) is 10.8 Å². The second-order valence-corrected chi connectivity index (χ2v) is 11.4. The number of hydrogen-bond donors (Lipinski definition) is 1. The van der Waals surface area contributed by atoms with E-state index in [1.807, 2.05) is 36.4 Å². The molecular formula is C31H32N2O6. The third-order valence-electron chi connectivity index (χ3n) is 7.09. The van der Waals surface area contributed by atoms with Gasteiger partial charge in [-0.2, -0.15) is 0 Å². The molecule has 2 aliphatic rings. The number of nitrogens with one attached hydrogen (secondary N) is 1. The second kappa shape index (κ2) is 9.84. The maximum absolute atomic E-state index is 13.9. The molecule has 3 atom stereocenters. The molecule has 0 bridgehead atoms. The molecule has 8 nitrogen and oxygen atoms in total. The van der Waals surface area contributed by atoms with E-state index in [-0.39, 0.29) is 5.92 Å². The van der Waals surface area contributed by atoms with Crippen molar-refractivity contribution in [2.75, 3.05) is 0 Å². The Labute approximate surface area is 227 Å². The van der Waals surface area contributed by atoms with Gasteiger partial charge in [-0.1, -0.05) is 62.4 Å². The van der Waals surface area contributed by atoms with Crippen molar-refractivity contribution in [1.82, 2.24) is 10.2 Å². The van der Waals surface area contributed by atoms with Gasteiger partial charge in [-0.3, -0.25) is 14.5 Å². The van der Waals surface area contributed by atoms with Crippen LogP contribution in [0.2, 0.25) is 0 Å². The van der Waals surface area contributed by atoms with Gasteiger partial charge in [0.15, 0.2) is 0 Å². The van der Waals surface area contributed by atoms with Gasteiger partial charge in [0.2, 0.25) is 0 Å². The molecule has 0 saturated carbocycles. The number of imide groups is 1. The number of esters is 1. The number of fused-ring (bicyclic) bond motifs is 1. The quantitative estimate of drug-likeness (QED) is 0.361. The molecule has 5 rings (SSSR count). The first-order chi connectivity index (χ1) is 18.5. The first-order valence-electron chi connectivity index (χ1n) is 13.1. The smallest absolute Gasteiger partial charge is 0.408 e. The number of carbonyl (C=O) groups excluding carboxylic acids is 4. The Morgan fingerprint density at radius 3 is 2.13 bits per heavy atom. The number of benzene rings is 3. The van der Waals surface area contributed by atoms with Crippen LogP contribution in [-0.2, 0) is 20.7 Å². The van der Waals surface area contributed by atoms with E-state index in [1.54, 1.807) is 58.9 Å². The number of carbonyl (C=O) groups is 4. The minimum Gasteiger partial charge on any atom is -0.458 e. The van der Waals surface area contributed by atoms with Crippen molar-refractivity contribution in [2.24, 2.45) is 5.92 Å². The molecule has 1 aliphatic carbocycles. The number of nitrogens with zero attached hydrogens (tertiary/aromatic N) is 1. The maximum atomic E-state index is 13.9. The molecule has 0 spiro atoms. The zero-order valence-corrected chi connectivity index (χ0v) is 22.7. The molecule has 0 aromatic heterocycles. The number of ether oxygens (including phenoxy) is 2. The van der Waals surface area contributed by atoms with Crippen molar-refractivity contribution in [3.63, 3.8) is 0 Å². The summed E-state index contributed by atoms with van der Waals surface area (Å²) in [5.74, 6) is -1.81. The fourth-order valence-electron chi connectivity index (χ4n) is 5.41. The van der Waals surface area contributed by atoms with Gasteiger partial charge in [0.1, 0.15) is 23.8 Å². The van der Waals surface area contributed by atoms with E-state index in [4.69, 9.17) is 9.47 Å². The van der Waals surface area contributed by atoms with Crippen molar-refractivity contribution in [3.8, 4) is 0 Å². The summed E-state index contributed by atoms with van der Waals surface area (Å²) >= 11 is 0. The Hall–Kier alpha value is -4.20. The van der Waals surface area contributed by atoms with E-state index in [0.29, 0.717) is 22.9 Å². The minimum atomic E-state index is -0.980. The van der Waals surface area contributed by atoms with E-state index in [1.165, 1.54) is 4.90 Å². The maximum Gasteiger partial charge on any atom is 0.408 e. The van der Waals surface area contributed by atoms with Crippen molar-refractivity contribution in [1.29, 1.82) is 0 Å². The van der Waals surface area contributed by atoms with Crippen LogP contribution in [0.1, 0.15) is 72.5 Å². The van der Waals surface area contributed by atoms with Crippen LogP contribution in [0.5, 0.6) is 0 Å². The zero-order valence-electron chi connectivity index (χ0n) is 22.7. The SMILES string of the molecule is CC(C)[C@H](NC(=O)OC(C)(C)C)C(=O)O[C@@H]1Cc2ccccc2[C@@H]1N1C(=O)c2cccc3cccc(c23)C1=O. The Morgan fingerprint density at radius 1 is 0.923 bits per heavy atom. The number of hydrogen-bond acceptors (Lipinski definition) is 6. The van der Waals surface area contributed by atoms with Gasteiger partial charge in [-0.25, -0.2) is 9.59 Å². The van der Waals surface area contributed by atoms with Gasteiger partial charge in [-0.05, 0) is 55.3 Å². The lowest BCUT2D eigenvalue weighted by Gasteiger charge is -2.35. The molecule has 0 saturated heterocycles. The molecule has 39 heavy (non-hydrogen) atoms. The summed E-state index contributed by atoms with van der Waals surface area (Å²) in [5.41, 5.74) is 1.78. The van der Waals surface area contributed by atoms with Crippen LogP contribution in [0.3, 0.4) is 0 Å². The average molecular weight is 529 g/mol. The molecule has 202 valence electrons. The molecule has 1 N–H and O–H groups in total. The van der Waals surface area contributed by atoms with Gasteiger partial charge in [-0.15, -0.1) is 0 Å². The van der Waals surface area contributed by atoms with E-state index in [9.17, 15) is 19.2 Å². The lowest BCUT2D eigenvalue weighted by atomic mass is 9.92. The topological polar surface area (TPSA) is 102 Å². The molecule has 3 amide bonds. The number of amides is 3. The summed E-state index contributed by atoms with van der Waals surface area (Å²) in [4.78, 5) is 54.9. The van der Waals surface area contributed by atoms with E-state index < -0.39 is 47.7 Å². The van der Waals surface area contributed by atoms with Crippen LogP contribution in [0.15, 0.2) is 60.7 Å². The first-order valence-corrected chi connectivity index (χ1v) is 13.1. The van der Waals surface area contributed by atoms with Crippen LogP contribution >= 0.6 is 0 Å². The lowest BCUT2D eigenvalue weighted by Crippen LogP contribution is -2.50.